The molecule has 2 aliphatic rings. The van der Waals surface area contributed by atoms with Gasteiger partial charge in [-0.15, -0.1) is 12.4 Å². The number of hydrogen-bond donors (Lipinski definition) is 2. The fourth-order valence-corrected chi connectivity index (χ4v) is 3.24. The first-order valence-electron chi connectivity index (χ1n) is 8.66. The Hall–Kier alpha value is -2.19. The monoisotopic (exact) mass is 399 g/mol. The first kappa shape index (κ1) is 21.1. The maximum absolute atomic E-state index is 12.5. The molecule has 0 radical (unpaired) electrons. The summed E-state index contributed by atoms with van der Waals surface area (Å²) in [4.78, 5) is 26.4. The van der Waals surface area contributed by atoms with Crippen LogP contribution in [0.1, 0.15) is 6.42 Å². The molecule has 150 valence electrons. The Morgan fingerprint density at radius 1 is 1.19 bits per heavy atom. The van der Waals surface area contributed by atoms with Crippen molar-refractivity contribution in [3.63, 3.8) is 0 Å². The van der Waals surface area contributed by atoms with Gasteiger partial charge >= 0.3 is 0 Å². The van der Waals surface area contributed by atoms with E-state index in [1.165, 1.54) is 21.3 Å². The molecule has 2 aliphatic heterocycles. The van der Waals surface area contributed by atoms with Gasteiger partial charge in [-0.05, 0) is 0 Å². The third-order valence-corrected chi connectivity index (χ3v) is 4.89. The van der Waals surface area contributed by atoms with E-state index in [-0.39, 0.29) is 36.6 Å². The summed E-state index contributed by atoms with van der Waals surface area (Å²) >= 11 is 0. The summed E-state index contributed by atoms with van der Waals surface area (Å²) in [5.74, 6) is 1.38. The van der Waals surface area contributed by atoms with E-state index in [9.17, 15) is 9.59 Å². The minimum absolute atomic E-state index is 0. The highest BCUT2D eigenvalue weighted by atomic mass is 35.5. The fourth-order valence-electron chi connectivity index (χ4n) is 3.24. The predicted octanol–water partition coefficient (Wildman–Crippen LogP) is 0.823. The number of methoxy groups -OCH3 is 3. The Kier molecular flexibility index (Phi) is 7.15. The van der Waals surface area contributed by atoms with E-state index >= 15 is 0 Å². The van der Waals surface area contributed by atoms with E-state index in [0.717, 1.165) is 13.1 Å². The quantitative estimate of drug-likeness (QED) is 0.705. The zero-order valence-electron chi connectivity index (χ0n) is 15.7. The van der Waals surface area contributed by atoms with Crippen molar-refractivity contribution in [3.8, 4) is 17.2 Å². The zero-order chi connectivity index (χ0) is 18.7. The van der Waals surface area contributed by atoms with Crippen LogP contribution < -0.4 is 29.7 Å². The second-order valence-electron chi connectivity index (χ2n) is 6.56. The average molecular weight is 400 g/mol. The molecule has 8 nitrogen and oxygen atoms in total. The maximum Gasteiger partial charge on any atom is 0.227 e. The van der Waals surface area contributed by atoms with Gasteiger partial charge in [-0.2, -0.15) is 0 Å². The lowest BCUT2D eigenvalue weighted by Gasteiger charge is -2.27. The second kappa shape index (κ2) is 9.14. The Balaban J connectivity index is 0.00000261. The maximum atomic E-state index is 12.5. The van der Waals surface area contributed by atoms with Crippen LogP contribution in [0.5, 0.6) is 17.2 Å². The van der Waals surface area contributed by atoms with Gasteiger partial charge in [0.25, 0.3) is 0 Å². The van der Waals surface area contributed by atoms with Crippen LogP contribution in [0.4, 0.5) is 5.69 Å². The van der Waals surface area contributed by atoms with Crippen molar-refractivity contribution in [1.29, 1.82) is 0 Å². The largest absolute Gasteiger partial charge is 0.493 e. The molecule has 2 fully saturated rings. The molecule has 1 aromatic carbocycles. The number of anilines is 1. The van der Waals surface area contributed by atoms with Gasteiger partial charge in [-0.3, -0.25) is 9.59 Å². The molecule has 3 rings (SSSR count). The molecule has 2 saturated heterocycles. The van der Waals surface area contributed by atoms with Crippen LogP contribution in [-0.4, -0.2) is 59.3 Å². The van der Waals surface area contributed by atoms with Crippen LogP contribution in [-0.2, 0) is 9.59 Å². The van der Waals surface area contributed by atoms with Crippen LogP contribution in [0.2, 0.25) is 0 Å². The number of hydrogen-bond acceptors (Lipinski definition) is 6. The zero-order valence-corrected chi connectivity index (χ0v) is 16.6. The summed E-state index contributed by atoms with van der Waals surface area (Å²) in [6.45, 7) is 2.86. The second-order valence-corrected chi connectivity index (χ2v) is 6.56. The molecule has 2 heterocycles. The number of amides is 2. The molecule has 0 spiro atoms. The molecule has 27 heavy (non-hydrogen) atoms. The Morgan fingerprint density at radius 2 is 1.81 bits per heavy atom. The van der Waals surface area contributed by atoms with Crippen molar-refractivity contribution in [1.82, 2.24) is 10.6 Å². The highest BCUT2D eigenvalue weighted by Gasteiger charge is 2.36. The molecule has 1 aromatic rings. The van der Waals surface area contributed by atoms with Crippen molar-refractivity contribution >= 4 is 29.9 Å². The van der Waals surface area contributed by atoms with Crippen LogP contribution in [0.25, 0.3) is 0 Å². The van der Waals surface area contributed by atoms with Crippen molar-refractivity contribution in [3.05, 3.63) is 12.1 Å². The van der Waals surface area contributed by atoms with Gasteiger partial charge in [0.15, 0.2) is 11.5 Å². The number of carbonyl (C=O) groups is 2. The van der Waals surface area contributed by atoms with Gasteiger partial charge in [0.2, 0.25) is 17.6 Å². The molecule has 0 bridgehead atoms. The molecule has 9 heteroatoms. The first-order valence-corrected chi connectivity index (χ1v) is 8.66. The van der Waals surface area contributed by atoms with E-state index < -0.39 is 0 Å². The lowest BCUT2D eigenvalue weighted by molar-refractivity contribution is -0.126. The van der Waals surface area contributed by atoms with Gasteiger partial charge < -0.3 is 29.7 Å². The standard InChI is InChI=1S/C18H25N3O5.ClH/c1-24-14-5-13(6-15(25-2)17(14)26-3)21-10-12(4-16(21)22)18(23)20-9-11-7-19-8-11;/h5-6,11-12,19H,4,7-10H2,1-3H3,(H,20,23);1H. The van der Waals surface area contributed by atoms with Gasteiger partial charge in [0.05, 0.1) is 32.9 Å². The van der Waals surface area contributed by atoms with Crippen molar-refractivity contribution < 1.29 is 23.8 Å². The van der Waals surface area contributed by atoms with Crippen LogP contribution in [0.3, 0.4) is 0 Å². The van der Waals surface area contributed by atoms with Crippen LogP contribution >= 0.6 is 12.4 Å². The number of rotatable bonds is 7. The molecular formula is C18H26ClN3O5. The summed E-state index contributed by atoms with van der Waals surface area (Å²) in [5, 5.41) is 6.13. The third kappa shape index (κ3) is 4.39. The lowest BCUT2D eigenvalue weighted by atomic mass is 10.0. The van der Waals surface area contributed by atoms with Crippen LogP contribution in [0, 0.1) is 11.8 Å². The van der Waals surface area contributed by atoms with E-state index in [2.05, 4.69) is 10.6 Å². The molecule has 0 saturated carbocycles. The smallest absolute Gasteiger partial charge is 0.227 e. The van der Waals surface area contributed by atoms with Gasteiger partial charge in [-0.1, -0.05) is 0 Å². The number of halogens is 1. The van der Waals surface area contributed by atoms with E-state index in [1.807, 2.05) is 0 Å². The molecule has 1 unspecified atom stereocenters. The summed E-state index contributed by atoms with van der Waals surface area (Å²) in [6, 6.07) is 3.44. The summed E-state index contributed by atoms with van der Waals surface area (Å²) in [5.41, 5.74) is 0.628. The highest BCUT2D eigenvalue weighted by molar-refractivity contribution is 6.00. The van der Waals surface area contributed by atoms with E-state index in [4.69, 9.17) is 14.2 Å². The molecule has 2 N–H and O–H groups in total. The first-order chi connectivity index (χ1) is 12.6. The highest BCUT2D eigenvalue weighted by Crippen LogP contribution is 2.42. The predicted molar refractivity (Wildman–Crippen MR) is 103 cm³/mol. The minimum Gasteiger partial charge on any atom is -0.493 e. The van der Waals surface area contributed by atoms with Gasteiger partial charge in [-0.25, -0.2) is 0 Å². The van der Waals surface area contributed by atoms with Crippen molar-refractivity contribution in [2.75, 3.05) is 52.4 Å². The Labute approximate surface area is 164 Å². The summed E-state index contributed by atoms with van der Waals surface area (Å²) in [6.07, 6.45) is 0.200. The normalized spacial score (nSPS) is 19.1. The number of nitrogens with one attached hydrogen (secondary N) is 2. The van der Waals surface area contributed by atoms with Crippen molar-refractivity contribution in [2.45, 2.75) is 6.42 Å². The summed E-state index contributed by atoms with van der Waals surface area (Å²) in [7, 11) is 4.58. The number of ether oxygens (including phenoxy) is 3. The van der Waals surface area contributed by atoms with E-state index in [0.29, 0.717) is 41.9 Å². The van der Waals surface area contributed by atoms with Crippen LogP contribution in [0.15, 0.2) is 12.1 Å². The fraction of sp³-hybridized carbons (Fsp3) is 0.556. The number of nitrogens with zero attached hydrogens (tertiary/aromatic N) is 1. The molecule has 2 amide bonds. The average Bonchev–Trinajstić information content (AvgIpc) is 3.00. The Bertz CT molecular complexity index is 671. The van der Waals surface area contributed by atoms with Gasteiger partial charge in [0, 0.05) is 50.7 Å². The topological polar surface area (TPSA) is 89.1 Å². The molecule has 1 atom stereocenters. The Morgan fingerprint density at radius 3 is 2.30 bits per heavy atom. The third-order valence-electron chi connectivity index (χ3n) is 4.89. The number of benzene rings is 1. The molecular weight excluding hydrogens is 374 g/mol. The SMILES string of the molecule is COc1cc(N2CC(C(=O)NCC3CNC3)CC2=O)cc(OC)c1OC.Cl. The van der Waals surface area contributed by atoms with Crippen molar-refractivity contribution in [2.24, 2.45) is 11.8 Å². The molecule has 0 aliphatic carbocycles. The number of carbonyl (C=O) groups excluding carboxylic acids is 2. The molecule has 0 aromatic heterocycles. The lowest BCUT2D eigenvalue weighted by Crippen LogP contribution is -2.49. The van der Waals surface area contributed by atoms with E-state index in [1.54, 1.807) is 17.0 Å². The minimum atomic E-state index is -0.352. The van der Waals surface area contributed by atoms with Gasteiger partial charge in [0.1, 0.15) is 0 Å². The summed E-state index contributed by atoms with van der Waals surface area (Å²) < 4.78 is 16.0.